The van der Waals surface area contributed by atoms with Crippen molar-refractivity contribution in [1.82, 2.24) is 0 Å². The predicted octanol–water partition coefficient (Wildman–Crippen LogP) is 4.43. The summed E-state index contributed by atoms with van der Waals surface area (Å²) in [6, 6.07) is 0. The van der Waals surface area contributed by atoms with Crippen LogP contribution in [0.4, 0.5) is 0 Å². The molecule has 0 saturated heterocycles. The Morgan fingerprint density at radius 2 is 1.14 bits per heavy atom. The number of halogens is 3. The first kappa shape index (κ1) is 10.1. The van der Waals surface area contributed by atoms with E-state index >= 15 is 0 Å². The number of alkyl halides is 3. The van der Waals surface area contributed by atoms with E-state index in [-0.39, 0.29) is 0 Å². The highest BCUT2D eigenvalue weighted by Gasteiger charge is 2.54. The zero-order valence-electron chi connectivity index (χ0n) is 8.06. The van der Waals surface area contributed by atoms with Crippen molar-refractivity contribution in [1.29, 1.82) is 0 Å². The first-order valence-corrected chi connectivity index (χ1v) is 6.74. The smallest absolute Gasteiger partial charge is 0.0834 e. The molecule has 0 atom stereocenters. The molecular formula is C11H15Cl3. The molecule has 80 valence electrons. The minimum absolute atomic E-state index is 0.348. The lowest BCUT2D eigenvalue weighted by atomic mass is 9.52. The molecular weight excluding hydrogens is 238 g/mol. The molecule has 14 heavy (non-hydrogen) atoms. The van der Waals surface area contributed by atoms with E-state index in [1.807, 2.05) is 0 Å². The first-order valence-electron chi connectivity index (χ1n) is 5.60. The van der Waals surface area contributed by atoms with Gasteiger partial charge >= 0.3 is 0 Å². The predicted molar refractivity (Wildman–Crippen MR) is 60.8 cm³/mol. The van der Waals surface area contributed by atoms with Gasteiger partial charge in [-0.25, -0.2) is 0 Å². The molecule has 0 unspecified atom stereocenters. The maximum Gasteiger partial charge on any atom is 0.193 e. The molecule has 0 aliphatic heterocycles. The summed E-state index contributed by atoms with van der Waals surface area (Å²) in [5.74, 6) is 3.68. The van der Waals surface area contributed by atoms with Crippen LogP contribution in [0.15, 0.2) is 0 Å². The van der Waals surface area contributed by atoms with E-state index in [0.29, 0.717) is 17.8 Å². The van der Waals surface area contributed by atoms with Gasteiger partial charge in [0.05, 0.1) is 0 Å². The standard InChI is InChI=1S/C11H15Cl3/c12-11(13,14)10-8-2-6-1-7(4-8)5-9(10)3-6/h6-10H,1-5H2. The summed E-state index contributed by atoms with van der Waals surface area (Å²) in [6.45, 7) is 0. The molecule has 0 amide bonds. The van der Waals surface area contributed by atoms with E-state index < -0.39 is 3.79 Å². The third-order valence-electron chi connectivity index (χ3n) is 4.60. The Hall–Kier alpha value is 0.870. The van der Waals surface area contributed by atoms with Crippen molar-refractivity contribution in [2.45, 2.75) is 35.9 Å². The molecule has 0 aromatic carbocycles. The second-order valence-corrected chi connectivity index (χ2v) is 7.87. The molecule has 0 aromatic heterocycles. The molecule has 4 fully saturated rings. The average Bonchev–Trinajstić information content (AvgIpc) is 1.97. The molecule has 3 heteroatoms. The van der Waals surface area contributed by atoms with E-state index in [1.165, 1.54) is 32.1 Å². The monoisotopic (exact) mass is 252 g/mol. The highest BCUT2D eigenvalue weighted by Crippen LogP contribution is 2.61. The minimum atomic E-state index is -1.01. The summed E-state index contributed by atoms with van der Waals surface area (Å²) < 4.78 is -1.01. The lowest BCUT2D eigenvalue weighted by Crippen LogP contribution is -2.49. The van der Waals surface area contributed by atoms with Crippen molar-refractivity contribution in [3.63, 3.8) is 0 Å². The maximum atomic E-state index is 6.11. The third-order valence-corrected chi connectivity index (χ3v) is 5.36. The van der Waals surface area contributed by atoms with Gasteiger partial charge in [0, 0.05) is 5.92 Å². The average molecular weight is 254 g/mol. The maximum absolute atomic E-state index is 6.11. The third kappa shape index (κ3) is 1.49. The zero-order chi connectivity index (χ0) is 9.92. The van der Waals surface area contributed by atoms with Gasteiger partial charge in [-0.15, -0.1) is 0 Å². The van der Waals surface area contributed by atoms with E-state index in [2.05, 4.69) is 0 Å². The van der Waals surface area contributed by atoms with Crippen LogP contribution in [0.25, 0.3) is 0 Å². The van der Waals surface area contributed by atoms with Crippen molar-refractivity contribution >= 4 is 34.8 Å². The van der Waals surface area contributed by atoms with E-state index in [1.54, 1.807) is 0 Å². The zero-order valence-corrected chi connectivity index (χ0v) is 10.3. The second-order valence-electron chi connectivity index (χ2n) is 5.50. The first-order chi connectivity index (χ1) is 6.54. The molecule has 4 bridgehead atoms. The fourth-order valence-electron chi connectivity index (χ4n) is 4.46. The number of rotatable bonds is 0. The highest BCUT2D eigenvalue weighted by molar-refractivity contribution is 6.67. The van der Waals surface area contributed by atoms with Gasteiger partial charge in [-0.2, -0.15) is 0 Å². The van der Waals surface area contributed by atoms with E-state index in [4.69, 9.17) is 34.8 Å². The Bertz CT molecular complexity index is 215. The lowest BCUT2D eigenvalue weighted by molar-refractivity contribution is -0.0345. The van der Waals surface area contributed by atoms with Crippen LogP contribution < -0.4 is 0 Å². The van der Waals surface area contributed by atoms with Crippen LogP contribution in [0.5, 0.6) is 0 Å². The van der Waals surface area contributed by atoms with Gasteiger partial charge < -0.3 is 0 Å². The second kappa shape index (κ2) is 3.18. The van der Waals surface area contributed by atoms with Gasteiger partial charge in [-0.05, 0) is 55.8 Å². The molecule has 0 nitrogen and oxygen atoms in total. The quantitative estimate of drug-likeness (QED) is 0.560. The SMILES string of the molecule is ClC(Cl)(Cl)C1C2CC3CC(C2)CC1C3. The van der Waals surface area contributed by atoms with Crippen LogP contribution in [0, 0.1) is 29.6 Å². The van der Waals surface area contributed by atoms with Crippen molar-refractivity contribution in [3.05, 3.63) is 0 Å². The summed E-state index contributed by atoms with van der Waals surface area (Å²) in [5, 5.41) is 0. The van der Waals surface area contributed by atoms with Crippen molar-refractivity contribution in [2.24, 2.45) is 29.6 Å². The fourth-order valence-corrected chi connectivity index (χ4v) is 5.53. The largest absolute Gasteiger partial charge is 0.193 e. The van der Waals surface area contributed by atoms with Gasteiger partial charge in [0.15, 0.2) is 3.79 Å². The topological polar surface area (TPSA) is 0 Å². The van der Waals surface area contributed by atoms with Gasteiger partial charge in [0.2, 0.25) is 0 Å². The van der Waals surface area contributed by atoms with Crippen molar-refractivity contribution in [3.8, 4) is 0 Å². The Labute approximate surface area is 100 Å². The summed E-state index contributed by atoms with van der Waals surface area (Å²) in [4.78, 5) is 0. The van der Waals surface area contributed by atoms with Crippen LogP contribution in [-0.4, -0.2) is 3.79 Å². The lowest BCUT2D eigenvalue weighted by Gasteiger charge is -2.56. The van der Waals surface area contributed by atoms with Crippen LogP contribution >= 0.6 is 34.8 Å². The van der Waals surface area contributed by atoms with Gasteiger partial charge in [0.25, 0.3) is 0 Å². The Kier molecular flexibility index (Phi) is 2.28. The van der Waals surface area contributed by atoms with E-state index in [0.717, 1.165) is 11.8 Å². The Morgan fingerprint density at radius 1 is 0.714 bits per heavy atom. The number of hydrogen-bond acceptors (Lipinski definition) is 0. The van der Waals surface area contributed by atoms with Crippen molar-refractivity contribution in [2.75, 3.05) is 0 Å². The molecule has 4 rings (SSSR count). The molecule has 0 aromatic rings. The van der Waals surface area contributed by atoms with Crippen molar-refractivity contribution < 1.29 is 0 Å². The van der Waals surface area contributed by atoms with Crippen LogP contribution in [0.3, 0.4) is 0 Å². The van der Waals surface area contributed by atoms with Gasteiger partial charge in [-0.1, -0.05) is 34.8 Å². The molecule has 0 radical (unpaired) electrons. The summed E-state index contributed by atoms with van der Waals surface area (Å²) in [7, 11) is 0. The van der Waals surface area contributed by atoms with Gasteiger partial charge in [0.1, 0.15) is 0 Å². The van der Waals surface area contributed by atoms with Crippen LogP contribution in [-0.2, 0) is 0 Å². The number of hydrogen-bond donors (Lipinski definition) is 0. The van der Waals surface area contributed by atoms with Crippen LogP contribution in [0.1, 0.15) is 32.1 Å². The van der Waals surface area contributed by atoms with E-state index in [9.17, 15) is 0 Å². The fraction of sp³-hybridized carbons (Fsp3) is 1.00. The molecule has 4 aliphatic carbocycles. The van der Waals surface area contributed by atoms with Crippen LogP contribution in [0.2, 0.25) is 0 Å². The summed E-state index contributed by atoms with van der Waals surface area (Å²) in [6.07, 6.45) is 6.76. The minimum Gasteiger partial charge on any atom is -0.0834 e. The molecule has 0 heterocycles. The Morgan fingerprint density at radius 3 is 1.50 bits per heavy atom. The normalized spacial score (nSPS) is 51.2. The summed E-state index contributed by atoms with van der Waals surface area (Å²) in [5.41, 5.74) is 0. The molecule has 4 aliphatic rings. The highest BCUT2D eigenvalue weighted by atomic mass is 35.6. The molecule has 0 N–H and O–H groups in total. The molecule has 0 spiro atoms. The summed E-state index contributed by atoms with van der Waals surface area (Å²) >= 11 is 18.3. The Balaban J connectivity index is 1.88. The van der Waals surface area contributed by atoms with Gasteiger partial charge in [-0.3, -0.25) is 0 Å². The molecule has 4 saturated carbocycles.